The number of thioether (sulfide) groups is 1. The highest BCUT2D eigenvalue weighted by Gasteiger charge is 2.66. The lowest BCUT2D eigenvalue weighted by atomic mass is 9.84. The number of hydrogen-bond donors (Lipinski definition) is 1. The predicted molar refractivity (Wildman–Crippen MR) is 131 cm³/mol. The van der Waals surface area contributed by atoms with Crippen molar-refractivity contribution in [2.75, 3.05) is 6.67 Å². The van der Waals surface area contributed by atoms with Gasteiger partial charge >= 0.3 is 0 Å². The molecule has 0 saturated heterocycles. The third-order valence-corrected chi connectivity index (χ3v) is 8.22. The van der Waals surface area contributed by atoms with Gasteiger partial charge in [-0.25, -0.2) is 33.1 Å². The first kappa shape index (κ1) is 23.7. The number of pyridine rings is 1. The Morgan fingerprint density at radius 3 is 2.84 bits per heavy atom. The maximum Gasteiger partial charge on any atom is 0.232 e. The van der Waals surface area contributed by atoms with Crippen molar-refractivity contribution >= 4 is 28.0 Å². The van der Waals surface area contributed by atoms with Gasteiger partial charge in [-0.3, -0.25) is 4.99 Å². The van der Waals surface area contributed by atoms with E-state index in [1.54, 1.807) is 19.1 Å². The predicted octanol–water partition coefficient (Wildman–Crippen LogP) is 4.47. The zero-order chi connectivity index (χ0) is 25.8. The fourth-order valence-corrected chi connectivity index (χ4v) is 6.36. The van der Waals surface area contributed by atoms with Crippen LogP contribution in [-0.2, 0) is 18.6 Å². The standard InChI is InChI=1S/C25H21F3N6O2S/c1-24(19-8-25(19,11-26)37-23(29)34-24)15-4-13(5-16(27)21(15)28)6-17-22-18(33-12-32-17)7-14(9-31-22)36-10-20-30-2-3-35-20/h2-5,7,9,12,19H,6,8,10-11H2,1H3,(H2,29,34)/t19-,24+,25+/m0/s1. The molecular weight excluding hydrogens is 505 g/mol. The van der Waals surface area contributed by atoms with Crippen LogP contribution in [-0.4, -0.2) is 36.5 Å². The van der Waals surface area contributed by atoms with Crippen LogP contribution in [0.2, 0.25) is 0 Å². The minimum Gasteiger partial charge on any atom is -0.482 e. The molecule has 4 aromatic rings. The summed E-state index contributed by atoms with van der Waals surface area (Å²) in [6, 6.07) is 4.40. The Morgan fingerprint density at radius 1 is 1.19 bits per heavy atom. The first-order valence-electron chi connectivity index (χ1n) is 11.5. The van der Waals surface area contributed by atoms with E-state index in [1.165, 1.54) is 36.7 Å². The molecule has 3 aromatic heterocycles. The molecule has 0 amide bonds. The molecule has 37 heavy (non-hydrogen) atoms. The lowest BCUT2D eigenvalue weighted by molar-refractivity contribution is 0.262. The minimum atomic E-state index is -1.18. The highest BCUT2D eigenvalue weighted by molar-refractivity contribution is 8.15. The van der Waals surface area contributed by atoms with Gasteiger partial charge in [0.2, 0.25) is 5.89 Å². The summed E-state index contributed by atoms with van der Waals surface area (Å²) >= 11 is 1.17. The fourth-order valence-electron chi connectivity index (χ4n) is 5.04. The van der Waals surface area contributed by atoms with Crippen molar-refractivity contribution in [3.8, 4) is 5.75 Å². The second kappa shape index (κ2) is 8.72. The van der Waals surface area contributed by atoms with Crippen molar-refractivity contribution in [1.82, 2.24) is 19.9 Å². The number of alkyl halides is 1. The highest BCUT2D eigenvalue weighted by Crippen LogP contribution is 2.66. The Morgan fingerprint density at radius 2 is 2.05 bits per heavy atom. The lowest BCUT2D eigenvalue weighted by Crippen LogP contribution is -2.37. The average Bonchev–Trinajstić information content (AvgIpc) is 3.39. The van der Waals surface area contributed by atoms with Crippen molar-refractivity contribution in [3.63, 3.8) is 0 Å². The molecule has 2 N–H and O–H groups in total. The van der Waals surface area contributed by atoms with Crippen LogP contribution in [0.25, 0.3) is 11.0 Å². The van der Waals surface area contributed by atoms with E-state index in [4.69, 9.17) is 14.9 Å². The van der Waals surface area contributed by atoms with E-state index in [2.05, 4.69) is 24.9 Å². The number of rotatable bonds is 7. The van der Waals surface area contributed by atoms with E-state index < -0.39 is 28.6 Å². The van der Waals surface area contributed by atoms with E-state index in [1.807, 2.05) is 0 Å². The number of halogens is 3. The van der Waals surface area contributed by atoms with Crippen molar-refractivity contribution in [2.24, 2.45) is 16.6 Å². The van der Waals surface area contributed by atoms with Gasteiger partial charge in [0, 0.05) is 24.0 Å². The molecule has 1 saturated carbocycles. The molecule has 1 aliphatic carbocycles. The molecule has 3 atom stereocenters. The first-order valence-corrected chi connectivity index (χ1v) is 12.3. The number of aromatic nitrogens is 4. The summed E-state index contributed by atoms with van der Waals surface area (Å²) in [6.45, 7) is 1.20. The van der Waals surface area contributed by atoms with Crippen LogP contribution < -0.4 is 10.5 Å². The molecule has 6 rings (SSSR count). The van der Waals surface area contributed by atoms with Gasteiger partial charge in [0.1, 0.15) is 30.5 Å². The first-order chi connectivity index (χ1) is 17.8. The molecule has 12 heteroatoms. The summed E-state index contributed by atoms with van der Waals surface area (Å²) in [7, 11) is 0. The highest BCUT2D eigenvalue weighted by atomic mass is 32.2. The number of hydrogen-bond acceptors (Lipinski definition) is 9. The molecule has 0 spiro atoms. The molecule has 1 fully saturated rings. The Hall–Kier alpha value is -3.67. The second-order valence-electron chi connectivity index (χ2n) is 9.34. The number of oxazole rings is 1. The molecule has 1 aromatic carbocycles. The number of fused-ring (bicyclic) bond motifs is 2. The van der Waals surface area contributed by atoms with Crippen LogP contribution in [0.4, 0.5) is 13.2 Å². The number of ether oxygens (including phenoxy) is 1. The van der Waals surface area contributed by atoms with E-state index in [0.29, 0.717) is 40.4 Å². The third-order valence-electron chi connectivity index (χ3n) is 6.96. The normalized spacial score (nSPS) is 24.5. The zero-order valence-electron chi connectivity index (χ0n) is 19.6. The Bertz CT molecular complexity index is 1530. The number of aliphatic imine (C=N–C) groups is 1. The lowest BCUT2D eigenvalue weighted by Gasteiger charge is -2.33. The van der Waals surface area contributed by atoms with E-state index in [9.17, 15) is 8.78 Å². The number of nitrogens with two attached hydrogens (primary N) is 1. The van der Waals surface area contributed by atoms with Crippen LogP contribution in [0.5, 0.6) is 5.75 Å². The van der Waals surface area contributed by atoms with E-state index in [0.717, 1.165) is 6.07 Å². The summed E-state index contributed by atoms with van der Waals surface area (Å²) in [6.07, 6.45) is 6.53. The summed E-state index contributed by atoms with van der Waals surface area (Å²) in [5, 5.41) is 0.172. The van der Waals surface area contributed by atoms with Gasteiger partial charge in [0.15, 0.2) is 23.4 Å². The minimum absolute atomic E-state index is 0.0552. The van der Waals surface area contributed by atoms with Gasteiger partial charge in [0.05, 0.1) is 33.9 Å². The topological polar surface area (TPSA) is 112 Å². The Kier molecular flexibility index (Phi) is 5.59. The summed E-state index contributed by atoms with van der Waals surface area (Å²) in [5.41, 5.74) is 6.88. The van der Waals surface area contributed by atoms with Crippen molar-refractivity contribution in [3.05, 3.63) is 77.5 Å². The van der Waals surface area contributed by atoms with Gasteiger partial charge in [0.25, 0.3) is 0 Å². The molecule has 0 unspecified atom stereocenters. The molecule has 0 radical (unpaired) electrons. The third kappa shape index (κ3) is 4.08. The van der Waals surface area contributed by atoms with Crippen molar-refractivity contribution in [2.45, 2.75) is 36.7 Å². The van der Waals surface area contributed by atoms with Crippen molar-refractivity contribution in [1.29, 1.82) is 0 Å². The molecule has 190 valence electrons. The molecule has 2 aliphatic rings. The number of benzene rings is 1. The smallest absolute Gasteiger partial charge is 0.232 e. The summed E-state index contributed by atoms with van der Waals surface area (Å²) < 4.78 is 53.9. The SMILES string of the molecule is C[C@]1(c2cc(Cc3ncnc4cc(OCc5ncco5)cnc34)cc(F)c2F)N=C(N)S[C@@]2(CF)C[C@H]21. The van der Waals surface area contributed by atoms with Gasteiger partial charge in [-0.15, -0.1) is 0 Å². The van der Waals surface area contributed by atoms with Crippen LogP contribution in [0.3, 0.4) is 0 Å². The molecule has 8 nitrogen and oxygen atoms in total. The van der Waals surface area contributed by atoms with Crippen LogP contribution in [0.15, 0.2) is 52.6 Å². The number of nitrogens with zero attached hydrogens (tertiary/aromatic N) is 5. The maximum absolute atomic E-state index is 15.1. The van der Waals surface area contributed by atoms with E-state index in [-0.39, 0.29) is 29.7 Å². The monoisotopic (exact) mass is 526 g/mol. The summed E-state index contributed by atoms with van der Waals surface area (Å²) in [4.78, 5) is 21.5. The van der Waals surface area contributed by atoms with Crippen LogP contribution in [0, 0.1) is 17.6 Å². The Balaban J connectivity index is 1.32. The summed E-state index contributed by atoms with van der Waals surface area (Å²) in [5.74, 6) is -1.43. The fraction of sp³-hybridized carbons (Fsp3) is 0.320. The van der Waals surface area contributed by atoms with Gasteiger partial charge in [-0.05, 0) is 31.0 Å². The molecular formula is C25H21F3N6O2S. The second-order valence-corrected chi connectivity index (χ2v) is 10.8. The molecule has 0 bridgehead atoms. The average molecular weight is 527 g/mol. The maximum atomic E-state index is 15.1. The van der Waals surface area contributed by atoms with Crippen LogP contribution >= 0.6 is 11.8 Å². The largest absolute Gasteiger partial charge is 0.482 e. The quantitative estimate of drug-likeness (QED) is 0.376. The number of amidine groups is 1. The van der Waals surface area contributed by atoms with Gasteiger partial charge in [-0.2, -0.15) is 0 Å². The Labute approximate surface area is 213 Å². The van der Waals surface area contributed by atoms with Crippen LogP contribution in [0.1, 0.15) is 36.1 Å². The zero-order valence-corrected chi connectivity index (χ0v) is 20.4. The molecule has 1 aliphatic heterocycles. The van der Waals surface area contributed by atoms with Gasteiger partial charge < -0.3 is 14.9 Å². The van der Waals surface area contributed by atoms with Gasteiger partial charge in [-0.1, -0.05) is 11.8 Å². The molecule has 4 heterocycles. The van der Waals surface area contributed by atoms with Crippen molar-refractivity contribution < 1.29 is 22.3 Å². The van der Waals surface area contributed by atoms with E-state index >= 15 is 4.39 Å².